The number of rotatable bonds is 4. The van der Waals surface area contributed by atoms with E-state index in [2.05, 4.69) is 10.8 Å². The van der Waals surface area contributed by atoms with Gasteiger partial charge in [0.25, 0.3) is 0 Å². The Balaban J connectivity index is -0.000000200. The number of carboxylic acids is 1. The summed E-state index contributed by atoms with van der Waals surface area (Å²) in [6.45, 7) is 5.27. The number of aliphatic carboxylic acids is 1. The molecule has 0 radical (unpaired) electrons. The first-order chi connectivity index (χ1) is 7.97. The summed E-state index contributed by atoms with van der Waals surface area (Å²) < 4.78 is 29.7. The summed E-state index contributed by atoms with van der Waals surface area (Å²) in [6, 6.07) is 0. The molecule has 0 rings (SSSR count). The highest BCUT2D eigenvalue weighted by molar-refractivity contribution is 7.80. The maximum atomic E-state index is 9.99. The van der Waals surface area contributed by atoms with Crippen LogP contribution in [-0.2, 0) is 19.4 Å². The van der Waals surface area contributed by atoms with Crippen molar-refractivity contribution in [1.82, 2.24) is 4.90 Å². The second-order valence-electron chi connectivity index (χ2n) is 3.59. The van der Waals surface area contributed by atoms with Gasteiger partial charge in [-0.3, -0.25) is 8.74 Å². The van der Waals surface area contributed by atoms with Crippen molar-refractivity contribution < 1.29 is 27.1 Å². The summed E-state index contributed by atoms with van der Waals surface area (Å²) in [5, 5.41) is 8.21. The van der Waals surface area contributed by atoms with Gasteiger partial charge in [-0.1, -0.05) is 19.9 Å². The van der Waals surface area contributed by atoms with E-state index in [9.17, 15) is 13.2 Å². The number of hydrogen-bond donors (Lipinski definition) is 2. The van der Waals surface area contributed by atoms with Crippen LogP contribution in [0.4, 0.5) is 0 Å². The first-order valence-electron chi connectivity index (χ1n) is 5.02. The Morgan fingerprint density at radius 3 is 1.67 bits per heavy atom. The van der Waals surface area contributed by atoms with Crippen LogP contribution in [0.2, 0.25) is 0 Å². The molecule has 0 spiro atoms. The molecule has 0 aromatic carbocycles. The summed E-state index contributed by atoms with van der Waals surface area (Å²) in [6.07, 6.45) is 1.44. The van der Waals surface area contributed by atoms with Crippen LogP contribution in [0.3, 0.4) is 0 Å². The number of nitrogens with zero attached hydrogens (tertiary/aromatic N) is 1. The smallest absolute Gasteiger partial charge is 0.397 e. The lowest BCUT2D eigenvalue weighted by atomic mass is 10.2. The van der Waals surface area contributed by atoms with Gasteiger partial charge in [-0.15, -0.1) is 0 Å². The van der Waals surface area contributed by atoms with E-state index in [4.69, 9.17) is 9.66 Å². The first kappa shape index (κ1) is 22.2. The molecular weight excluding hydrogens is 262 g/mol. The van der Waals surface area contributed by atoms with Gasteiger partial charge in [-0.25, -0.2) is 4.79 Å². The zero-order valence-electron chi connectivity index (χ0n) is 11.5. The minimum atomic E-state index is -4.16. The molecule has 0 aromatic heterocycles. The third kappa shape index (κ3) is 36.3. The zero-order valence-corrected chi connectivity index (χ0v) is 12.3. The molecule has 0 saturated carbocycles. The summed E-state index contributed by atoms with van der Waals surface area (Å²) >= 11 is 0. The van der Waals surface area contributed by atoms with E-state index in [-0.39, 0.29) is 0 Å². The molecule has 7 nitrogen and oxygen atoms in total. The van der Waals surface area contributed by atoms with E-state index < -0.39 is 16.4 Å². The fraction of sp³-hybridized carbons (Fsp3) is 0.700. The van der Waals surface area contributed by atoms with E-state index >= 15 is 0 Å². The summed E-state index contributed by atoms with van der Waals surface area (Å²) in [7, 11) is 2.71. The Morgan fingerprint density at radius 2 is 1.61 bits per heavy atom. The van der Waals surface area contributed by atoms with Crippen LogP contribution in [0.1, 0.15) is 19.8 Å². The SMILES string of the molecule is C=C(CCC)C(=O)O.CN(C)C.COS(=O)(=O)O. The summed E-state index contributed by atoms with van der Waals surface area (Å²) in [5.74, 6) is -0.883. The van der Waals surface area contributed by atoms with Crippen molar-refractivity contribution in [2.45, 2.75) is 19.8 Å². The zero-order chi connectivity index (χ0) is 15.4. The third-order valence-corrected chi connectivity index (χ3v) is 1.49. The molecule has 2 N–H and O–H groups in total. The Hall–Kier alpha value is -0.960. The Labute approximate surface area is 109 Å². The third-order valence-electron chi connectivity index (χ3n) is 1.06. The van der Waals surface area contributed by atoms with Crippen molar-refractivity contribution >= 4 is 16.4 Å². The van der Waals surface area contributed by atoms with Crippen molar-refractivity contribution in [2.75, 3.05) is 28.3 Å². The molecule has 0 bridgehead atoms. The van der Waals surface area contributed by atoms with Crippen molar-refractivity contribution in [1.29, 1.82) is 0 Å². The first-order valence-corrected chi connectivity index (χ1v) is 6.39. The fourth-order valence-electron chi connectivity index (χ4n) is 0.409. The van der Waals surface area contributed by atoms with Crippen molar-refractivity contribution in [3.63, 3.8) is 0 Å². The van der Waals surface area contributed by atoms with Gasteiger partial charge < -0.3 is 10.0 Å². The molecule has 0 saturated heterocycles. The predicted molar refractivity (Wildman–Crippen MR) is 69.9 cm³/mol. The lowest BCUT2D eigenvalue weighted by Crippen LogP contribution is -1.99. The second kappa shape index (κ2) is 12.5. The van der Waals surface area contributed by atoms with Gasteiger partial charge in [0, 0.05) is 5.57 Å². The standard InChI is InChI=1S/C6H10O2.C3H9N.CH4O4S/c1-3-4-5(2)6(7)8;1-4(2)3;1-5-6(2,3)4/h2-4H2,1H3,(H,7,8);1-3H3;1H3,(H,2,3,4). The number of hydrogen-bond acceptors (Lipinski definition) is 5. The molecule has 0 unspecified atom stereocenters. The van der Waals surface area contributed by atoms with Gasteiger partial charge in [0.2, 0.25) is 0 Å². The average molecular weight is 285 g/mol. The normalized spacial score (nSPS) is 9.72. The van der Waals surface area contributed by atoms with Crippen LogP contribution in [0.5, 0.6) is 0 Å². The van der Waals surface area contributed by atoms with E-state index in [1.165, 1.54) is 0 Å². The van der Waals surface area contributed by atoms with E-state index in [0.717, 1.165) is 13.5 Å². The highest BCUT2D eigenvalue weighted by atomic mass is 32.3. The van der Waals surface area contributed by atoms with Crippen LogP contribution in [0.25, 0.3) is 0 Å². The van der Waals surface area contributed by atoms with Crippen molar-refractivity contribution in [3.05, 3.63) is 12.2 Å². The maximum Gasteiger partial charge on any atom is 0.397 e. The predicted octanol–water partition coefficient (Wildman–Crippen LogP) is 1.04. The molecule has 0 aliphatic heterocycles. The maximum absolute atomic E-state index is 9.99. The summed E-state index contributed by atoms with van der Waals surface area (Å²) in [4.78, 5) is 12.0. The van der Waals surface area contributed by atoms with E-state index in [1.54, 1.807) is 0 Å². The molecule has 110 valence electrons. The monoisotopic (exact) mass is 285 g/mol. The lowest BCUT2D eigenvalue weighted by Gasteiger charge is -1.92. The van der Waals surface area contributed by atoms with Crippen LogP contribution in [-0.4, -0.2) is 57.2 Å². The average Bonchev–Trinajstić information content (AvgIpc) is 2.17. The minimum absolute atomic E-state index is 0.299. The van der Waals surface area contributed by atoms with Crippen LogP contribution in [0.15, 0.2) is 12.2 Å². The molecule has 0 aliphatic carbocycles. The Kier molecular flexibility index (Phi) is 15.4. The van der Waals surface area contributed by atoms with Crippen molar-refractivity contribution in [2.24, 2.45) is 0 Å². The Morgan fingerprint density at radius 1 is 1.33 bits per heavy atom. The molecule has 0 aliphatic rings. The van der Waals surface area contributed by atoms with Gasteiger partial charge in [-0.05, 0) is 27.6 Å². The highest BCUT2D eigenvalue weighted by Gasteiger charge is 1.99. The molecular formula is C10H23NO6S. The lowest BCUT2D eigenvalue weighted by molar-refractivity contribution is -0.132. The van der Waals surface area contributed by atoms with Crippen LogP contribution < -0.4 is 0 Å². The molecule has 0 fully saturated rings. The quantitative estimate of drug-likeness (QED) is 0.587. The molecule has 0 amide bonds. The molecule has 0 atom stereocenters. The topological polar surface area (TPSA) is 104 Å². The van der Waals surface area contributed by atoms with Gasteiger partial charge >= 0.3 is 16.4 Å². The van der Waals surface area contributed by atoms with Gasteiger partial charge in [0.05, 0.1) is 7.11 Å². The second-order valence-corrected chi connectivity index (χ2v) is 4.78. The van der Waals surface area contributed by atoms with Crippen molar-refractivity contribution in [3.8, 4) is 0 Å². The molecule has 8 heteroatoms. The van der Waals surface area contributed by atoms with Crippen LogP contribution in [0, 0.1) is 0 Å². The fourth-order valence-corrected chi connectivity index (χ4v) is 0.409. The van der Waals surface area contributed by atoms with E-state index in [1.807, 2.05) is 33.0 Å². The molecule has 0 heterocycles. The largest absolute Gasteiger partial charge is 0.478 e. The van der Waals surface area contributed by atoms with Gasteiger partial charge in [0.15, 0.2) is 0 Å². The molecule has 18 heavy (non-hydrogen) atoms. The molecule has 0 aromatic rings. The van der Waals surface area contributed by atoms with Gasteiger partial charge in [0.1, 0.15) is 0 Å². The van der Waals surface area contributed by atoms with Crippen LogP contribution >= 0.6 is 0 Å². The number of carbonyl (C=O) groups is 1. The van der Waals surface area contributed by atoms with E-state index in [0.29, 0.717) is 12.0 Å². The highest BCUT2D eigenvalue weighted by Crippen LogP contribution is 1.99. The number of carboxylic acid groups (broad SMARTS) is 1. The minimum Gasteiger partial charge on any atom is -0.478 e. The summed E-state index contributed by atoms with van der Waals surface area (Å²) in [5.41, 5.74) is 0.299. The Bertz CT molecular complexity index is 321. The van der Waals surface area contributed by atoms with Gasteiger partial charge in [-0.2, -0.15) is 8.42 Å².